The van der Waals surface area contributed by atoms with Crippen LogP contribution in [0.1, 0.15) is 37.3 Å². The van der Waals surface area contributed by atoms with Crippen LogP contribution in [0.3, 0.4) is 0 Å². The number of fused-ring (bicyclic) bond motifs is 1. The van der Waals surface area contributed by atoms with E-state index in [4.69, 9.17) is 9.47 Å². The largest absolute Gasteiger partial charge is 0.490 e. The van der Waals surface area contributed by atoms with Crippen molar-refractivity contribution < 1.29 is 19.2 Å². The van der Waals surface area contributed by atoms with Gasteiger partial charge in [0.1, 0.15) is 5.92 Å². The molecule has 3 atom stereocenters. The summed E-state index contributed by atoms with van der Waals surface area (Å²) in [6, 6.07) is 5.11. The van der Waals surface area contributed by atoms with Crippen LogP contribution in [0.5, 0.6) is 11.5 Å². The van der Waals surface area contributed by atoms with E-state index in [9.17, 15) is 14.9 Å². The van der Waals surface area contributed by atoms with E-state index in [-0.39, 0.29) is 16.9 Å². The fourth-order valence-corrected chi connectivity index (χ4v) is 3.66. The maximum Gasteiger partial charge on any atom is 0.233 e. The van der Waals surface area contributed by atoms with E-state index in [1.54, 1.807) is 0 Å². The molecule has 7 heteroatoms. The number of hydrogen-bond donors (Lipinski definition) is 0. The molecule has 1 saturated carbocycles. The van der Waals surface area contributed by atoms with E-state index in [0.717, 1.165) is 36.3 Å². The summed E-state index contributed by atoms with van der Waals surface area (Å²) in [5, 5.41) is 10.8. The molecular weight excluding hydrogens is 312 g/mol. The van der Waals surface area contributed by atoms with E-state index in [2.05, 4.69) is 0 Å². The molecule has 0 bridgehead atoms. The average molecular weight is 332 g/mol. The molecular formula is C17H20N2O5. The van der Waals surface area contributed by atoms with Gasteiger partial charge >= 0.3 is 0 Å². The SMILES string of the molecule is O=C([C@@H]1C[C@@H]1[N+](=O)[O-])N1CCC[C@H]1c1ccc2c(c1)OCCCO2. The number of rotatable bonds is 3. The van der Waals surface area contributed by atoms with Crippen LogP contribution in [0.15, 0.2) is 18.2 Å². The average Bonchev–Trinajstić information content (AvgIpc) is 3.29. The highest BCUT2D eigenvalue weighted by Gasteiger charge is 2.55. The molecule has 3 aliphatic rings. The summed E-state index contributed by atoms with van der Waals surface area (Å²) < 4.78 is 11.4. The van der Waals surface area contributed by atoms with Crippen LogP contribution in [-0.4, -0.2) is 41.5 Å². The second-order valence-corrected chi connectivity index (χ2v) is 6.64. The third kappa shape index (κ3) is 2.68. The number of likely N-dealkylation sites (tertiary alicyclic amines) is 1. The molecule has 2 fully saturated rings. The Hall–Kier alpha value is -2.31. The van der Waals surface area contributed by atoms with Crippen molar-refractivity contribution in [1.29, 1.82) is 0 Å². The van der Waals surface area contributed by atoms with Gasteiger partial charge in [-0.2, -0.15) is 0 Å². The monoisotopic (exact) mass is 332 g/mol. The van der Waals surface area contributed by atoms with Crippen LogP contribution >= 0.6 is 0 Å². The molecule has 1 aliphatic carbocycles. The number of amides is 1. The molecule has 2 aliphatic heterocycles. The minimum absolute atomic E-state index is 0.0253. The quantitative estimate of drug-likeness (QED) is 0.626. The van der Waals surface area contributed by atoms with E-state index in [1.165, 1.54) is 0 Å². The van der Waals surface area contributed by atoms with Crippen molar-refractivity contribution in [3.63, 3.8) is 0 Å². The Labute approximate surface area is 139 Å². The Bertz CT molecular complexity index is 677. The smallest absolute Gasteiger partial charge is 0.233 e. The summed E-state index contributed by atoms with van der Waals surface area (Å²) in [7, 11) is 0. The Morgan fingerprint density at radius 1 is 1.21 bits per heavy atom. The van der Waals surface area contributed by atoms with E-state index < -0.39 is 12.0 Å². The summed E-state index contributed by atoms with van der Waals surface area (Å²) in [5.41, 5.74) is 1.02. The minimum atomic E-state index is -0.692. The third-order valence-corrected chi connectivity index (χ3v) is 5.04. The normalized spacial score (nSPS) is 28.3. The molecule has 1 saturated heterocycles. The number of nitro groups is 1. The molecule has 0 unspecified atom stereocenters. The van der Waals surface area contributed by atoms with E-state index in [0.29, 0.717) is 26.2 Å². The zero-order valence-electron chi connectivity index (χ0n) is 13.3. The molecule has 2 heterocycles. The first kappa shape index (κ1) is 15.2. The van der Waals surface area contributed by atoms with Gasteiger partial charge in [0.05, 0.1) is 19.3 Å². The molecule has 0 aromatic heterocycles. The predicted molar refractivity (Wildman–Crippen MR) is 84.6 cm³/mol. The number of carbonyl (C=O) groups is 1. The number of benzene rings is 1. The van der Waals surface area contributed by atoms with Gasteiger partial charge in [-0.25, -0.2) is 0 Å². The van der Waals surface area contributed by atoms with Gasteiger partial charge in [0.2, 0.25) is 11.9 Å². The zero-order chi connectivity index (χ0) is 16.7. The van der Waals surface area contributed by atoms with Gasteiger partial charge in [0.15, 0.2) is 11.5 Å². The highest BCUT2D eigenvalue weighted by Crippen LogP contribution is 2.42. The van der Waals surface area contributed by atoms with Gasteiger partial charge in [-0.1, -0.05) is 6.07 Å². The standard InChI is InChI=1S/C17H20N2O5/c20-17(12-10-14(12)19(21)22)18-6-1-3-13(18)11-4-5-15-16(9-11)24-8-2-7-23-15/h4-5,9,12-14H,1-3,6-8,10H2/t12-,13+,14+/m1/s1. The van der Waals surface area contributed by atoms with Gasteiger partial charge in [0.25, 0.3) is 0 Å². The molecule has 0 spiro atoms. The fourth-order valence-electron chi connectivity index (χ4n) is 3.66. The lowest BCUT2D eigenvalue weighted by atomic mass is 10.0. The van der Waals surface area contributed by atoms with Crippen molar-refractivity contribution in [3.8, 4) is 11.5 Å². The van der Waals surface area contributed by atoms with Gasteiger partial charge < -0.3 is 14.4 Å². The van der Waals surface area contributed by atoms with Crippen molar-refractivity contribution in [2.75, 3.05) is 19.8 Å². The molecule has 4 rings (SSSR count). The van der Waals surface area contributed by atoms with Gasteiger partial charge in [-0.05, 0) is 30.5 Å². The van der Waals surface area contributed by atoms with Crippen LogP contribution in [-0.2, 0) is 4.79 Å². The zero-order valence-corrected chi connectivity index (χ0v) is 13.3. The lowest BCUT2D eigenvalue weighted by molar-refractivity contribution is -0.497. The number of ether oxygens (including phenoxy) is 2. The van der Waals surface area contributed by atoms with Crippen molar-refractivity contribution in [2.24, 2.45) is 5.92 Å². The summed E-state index contributed by atoms with van der Waals surface area (Å²) in [5.74, 6) is 0.939. The molecule has 24 heavy (non-hydrogen) atoms. The van der Waals surface area contributed by atoms with Crippen LogP contribution in [0.2, 0.25) is 0 Å². The minimum Gasteiger partial charge on any atom is -0.490 e. The van der Waals surface area contributed by atoms with Crippen LogP contribution in [0.25, 0.3) is 0 Å². The highest BCUT2D eigenvalue weighted by atomic mass is 16.6. The van der Waals surface area contributed by atoms with Crippen LogP contribution in [0, 0.1) is 16.0 Å². The van der Waals surface area contributed by atoms with Gasteiger partial charge in [0, 0.05) is 24.3 Å². The number of hydrogen-bond acceptors (Lipinski definition) is 5. The Morgan fingerprint density at radius 3 is 2.75 bits per heavy atom. The first-order chi connectivity index (χ1) is 11.6. The van der Waals surface area contributed by atoms with Crippen molar-refractivity contribution in [3.05, 3.63) is 33.9 Å². The number of nitrogens with zero attached hydrogens (tertiary/aromatic N) is 2. The highest BCUT2D eigenvalue weighted by molar-refractivity contribution is 5.83. The lowest BCUT2D eigenvalue weighted by Gasteiger charge is -2.25. The molecule has 1 aromatic carbocycles. The first-order valence-corrected chi connectivity index (χ1v) is 8.48. The molecule has 0 radical (unpaired) electrons. The van der Waals surface area contributed by atoms with E-state index >= 15 is 0 Å². The fraction of sp³-hybridized carbons (Fsp3) is 0.588. The Morgan fingerprint density at radius 2 is 2.00 bits per heavy atom. The third-order valence-electron chi connectivity index (χ3n) is 5.04. The Balaban J connectivity index is 1.54. The van der Waals surface area contributed by atoms with Crippen molar-refractivity contribution in [2.45, 2.75) is 37.8 Å². The second kappa shape index (κ2) is 5.96. The molecule has 1 aromatic rings. The summed E-state index contributed by atoms with van der Waals surface area (Å²) in [6.07, 6.45) is 3.01. The lowest BCUT2D eigenvalue weighted by Crippen LogP contribution is -2.33. The summed E-state index contributed by atoms with van der Waals surface area (Å²) in [4.78, 5) is 24.9. The first-order valence-electron chi connectivity index (χ1n) is 8.48. The van der Waals surface area contributed by atoms with E-state index in [1.807, 2.05) is 23.1 Å². The molecule has 128 valence electrons. The van der Waals surface area contributed by atoms with Crippen molar-refractivity contribution in [1.82, 2.24) is 4.90 Å². The summed E-state index contributed by atoms with van der Waals surface area (Å²) in [6.45, 7) is 1.93. The summed E-state index contributed by atoms with van der Waals surface area (Å²) >= 11 is 0. The van der Waals surface area contributed by atoms with Crippen molar-refractivity contribution >= 4 is 5.91 Å². The predicted octanol–water partition coefficient (Wildman–Crippen LogP) is 2.18. The Kier molecular flexibility index (Phi) is 3.78. The maximum absolute atomic E-state index is 12.6. The van der Waals surface area contributed by atoms with Gasteiger partial charge in [-0.15, -0.1) is 0 Å². The molecule has 7 nitrogen and oxygen atoms in total. The second-order valence-electron chi connectivity index (χ2n) is 6.64. The van der Waals surface area contributed by atoms with Crippen LogP contribution in [0.4, 0.5) is 0 Å². The topological polar surface area (TPSA) is 81.9 Å². The molecule has 1 amide bonds. The molecule has 0 N–H and O–H groups in total. The number of carbonyl (C=O) groups excluding carboxylic acids is 1. The maximum atomic E-state index is 12.6. The van der Waals surface area contributed by atoms with Crippen LogP contribution < -0.4 is 9.47 Å². The van der Waals surface area contributed by atoms with Gasteiger partial charge in [-0.3, -0.25) is 14.9 Å².